The average Bonchev–Trinajstić information content (AvgIpc) is 2.41. The summed E-state index contributed by atoms with van der Waals surface area (Å²) in [6.07, 6.45) is 1.85. The molecule has 1 N–H and O–H groups in total. The normalized spacial score (nSPS) is 12.3. The van der Waals surface area contributed by atoms with Crippen molar-refractivity contribution in [1.29, 1.82) is 0 Å². The molecule has 0 spiro atoms. The van der Waals surface area contributed by atoms with E-state index in [2.05, 4.69) is 11.9 Å². The van der Waals surface area contributed by atoms with Gasteiger partial charge in [0.2, 0.25) is 0 Å². The Morgan fingerprint density at radius 3 is 2.43 bits per heavy atom. The Bertz CT molecular complexity index is 489. The van der Waals surface area contributed by atoms with Crippen molar-refractivity contribution < 1.29 is 14.3 Å². The molecule has 0 heterocycles. The fourth-order valence-electron chi connectivity index (χ4n) is 1.83. The Morgan fingerprint density at radius 1 is 1.29 bits per heavy atom. The minimum absolute atomic E-state index is 0.211. The van der Waals surface area contributed by atoms with E-state index in [4.69, 9.17) is 4.74 Å². The van der Waals surface area contributed by atoms with E-state index in [9.17, 15) is 9.59 Å². The molecule has 4 heteroatoms. The third-order valence-electron chi connectivity index (χ3n) is 2.80. The number of nitrogens with one attached hydrogen (secondary N) is 1. The molecule has 0 saturated carbocycles. The molecule has 0 aliphatic rings. The number of alkyl carbamates (subject to hydrolysis) is 1. The van der Waals surface area contributed by atoms with Crippen molar-refractivity contribution in [3.8, 4) is 0 Å². The van der Waals surface area contributed by atoms with E-state index >= 15 is 0 Å². The van der Waals surface area contributed by atoms with Crippen LogP contribution >= 0.6 is 0 Å². The highest BCUT2D eigenvalue weighted by Gasteiger charge is 2.22. The van der Waals surface area contributed by atoms with Gasteiger partial charge in [-0.2, -0.15) is 0 Å². The highest BCUT2D eigenvalue weighted by Crippen LogP contribution is 2.09. The van der Waals surface area contributed by atoms with Gasteiger partial charge in [-0.05, 0) is 45.3 Å². The minimum atomic E-state index is -0.613. The van der Waals surface area contributed by atoms with E-state index < -0.39 is 17.7 Å². The predicted molar refractivity (Wildman–Crippen MR) is 83.1 cm³/mol. The lowest BCUT2D eigenvalue weighted by Gasteiger charge is -2.22. The van der Waals surface area contributed by atoms with Crippen LogP contribution < -0.4 is 5.32 Å². The van der Waals surface area contributed by atoms with E-state index in [1.807, 2.05) is 30.3 Å². The predicted octanol–water partition coefficient (Wildman–Crippen LogP) is 3.27. The van der Waals surface area contributed by atoms with Gasteiger partial charge in [0.1, 0.15) is 5.60 Å². The maximum Gasteiger partial charge on any atom is 0.408 e. The van der Waals surface area contributed by atoms with Crippen LogP contribution in [-0.4, -0.2) is 23.5 Å². The molecule has 0 aliphatic carbocycles. The van der Waals surface area contributed by atoms with Gasteiger partial charge in [0.05, 0.1) is 6.04 Å². The SMILES string of the molecule is C=CC(=O)[C@H](CCc1ccccc1)NC(=O)OC(C)(C)C. The first kappa shape index (κ1) is 17.0. The molecule has 21 heavy (non-hydrogen) atoms. The molecular weight excluding hydrogens is 266 g/mol. The molecule has 0 bridgehead atoms. The Labute approximate surface area is 126 Å². The topological polar surface area (TPSA) is 55.4 Å². The smallest absolute Gasteiger partial charge is 0.408 e. The van der Waals surface area contributed by atoms with Crippen LogP contribution in [0.15, 0.2) is 43.0 Å². The number of aryl methyl sites for hydroxylation is 1. The molecule has 0 unspecified atom stereocenters. The third-order valence-corrected chi connectivity index (χ3v) is 2.80. The Kier molecular flexibility index (Phi) is 6.15. The summed E-state index contributed by atoms with van der Waals surface area (Å²) in [4.78, 5) is 23.6. The largest absolute Gasteiger partial charge is 0.444 e. The quantitative estimate of drug-likeness (QED) is 0.818. The lowest BCUT2D eigenvalue weighted by atomic mass is 10.0. The lowest BCUT2D eigenvalue weighted by molar-refractivity contribution is -0.116. The van der Waals surface area contributed by atoms with Crippen molar-refractivity contribution in [1.82, 2.24) is 5.32 Å². The number of hydrogen-bond donors (Lipinski definition) is 1. The number of hydrogen-bond acceptors (Lipinski definition) is 3. The number of ketones is 1. The van der Waals surface area contributed by atoms with Crippen LogP contribution in [0.2, 0.25) is 0 Å². The van der Waals surface area contributed by atoms with Crippen LogP contribution in [0.4, 0.5) is 4.79 Å². The molecule has 0 radical (unpaired) electrons. The van der Waals surface area contributed by atoms with Crippen molar-refractivity contribution >= 4 is 11.9 Å². The van der Waals surface area contributed by atoms with Crippen molar-refractivity contribution in [2.75, 3.05) is 0 Å². The molecule has 1 amide bonds. The zero-order valence-electron chi connectivity index (χ0n) is 12.9. The summed E-state index contributed by atoms with van der Waals surface area (Å²) in [5, 5.41) is 2.61. The van der Waals surface area contributed by atoms with Crippen LogP contribution in [0, 0.1) is 0 Å². The highest BCUT2D eigenvalue weighted by molar-refractivity contribution is 5.95. The Hall–Kier alpha value is -2.10. The highest BCUT2D eigenvalue weighted by atomic mass is 16.6. The Balaban J connectivity index is 2.62. The van der Waals surface area contributed by atoms with Crippen LogP contribution in [0.25, 0.3) is 0 Å². The molecule has 4 nitrogen and oxygen atoms in total. The summed E-state index contributed by atoms with van der Waals surface area (Å²) in [7, 11) is 0. The van der Waals surface area contributed by atoms with Gasteiger partial charge in [0.25, 0.3) is 0 Å². The zero-order chi connectivity index (χ0) is 15.9. The minimum Gasteiger partial charge on any atom is -0.444 e. The molecule has 0 aromatic heterocycles. The third kappa shape index (κ3) is 6.75. The standard InChI is InChI=1S/C17H23NO3/c1-5-15(19)14(18-16(20)21-17(2,3)4)12-11-13-9-7-6-8-10-13/h5-10,14H,1,11-12H2,2-4H3,(H,18,20)/t14-/m0/s1. The Morgan fingerprint density at radius 2 is 1.90 bits per heavy atom. The molecule has 0 fully saturated rings. The van der Waals surface area contributed by atoms with Gasteiger partial charge in [-0.1, -0.05) is 36.9 Å². The maximum absolute atomic E-state index is 11.8. The van der Waals surface area contributed by atoms with Crippen LogP contribution in [0.3, 0.4) is 0 Å². The molecule has 1 aromatic carbocycles. The fourth-order valence-corrected chi connectivity index (χ4v) is 1.83. The number of rotatable bonds is 6. The van der Waals surface area contributed by atoms with Gasteiger partial charge in [-0.25, -0.2) is 4.79 Å². The van der Waals surface area contributed by atoms with Crippen molar-refractivity contribution in [2.24, 2.45) is 0 Å². The number of benzene rings is 1. The van der Waals surface area contributed by atoms with E-state index in [0.717, 1.165) is 5.56 Å². The summed E-state index contributed by atoms with van der Waals surface area (Å²) < 4.78 is 5.18. The monoisotopic (exact) mass is 289 g/mol. The molecule has 114 valence electrons. The number of carbonyl (C=O) groups excluding carboxylic acids is 2. The summed E-state index contributed by atoms with van der Waals surface area (Å²) in [5.41, 5.74) is 0.524. The molecule has 0 saturated heterocycles. The fraction of sp³-hybridized carbons (Fsp3) is 0.412. The summed E-state index contributed by atoms with van der Waals surface area (Å²) in [6.45, 7) is 8.81. The molecule has 1 rings (SSSR count). The average molecular weight is 289 g/mol. The first-order chi connectivity index (χ1) is 9.81. The van der Waals surface area contributed by atoms with Crippen LogP contribution in [0.1, 0.15) is 32.8 Å². The van der Waals surface area contributed by atoms with Gasteiger partial charge < -0.3 is 10.1 Å². The lowest BCUT2D eigenvalue weighted by Crippen LogP contribution is -2.43. The second-order valence-electron chi connectivity index (χ2n) is 5.83. The van der Waals surface area contributed by atoms with Gasteiger partial charge >= 0.3 is 6.09 Å². The van der Waals surface area contributed by atoms with Crippen LogP contribution in [-0.2, 0) is 16.0 Å². The number of ether oxygens (including phenoxy) is 1. The van der Waals surface area contributed by atoms with E-state index in [-0.39, 0.29) is 5.78 Å². The van der Waals surface area contributed by atoms with Gasteiger partial charge in [-0.15, -0.1) is 0 Å². The zero-order valence-corrected chi connectivity index (χ0v) is 12.9. The van der Waals surface area contributed by atoms with Gasteiger partial charge in [0.15, 0.2) is 5.78 Å². The first-order valence-electron chi connectivity index (χ1n) is 7.01. The van der Waals surface area contributed by atoms with Crippen molar-refractivity contribution in [3.05, 3.63) is 48.6 Å². The molecule has 1 aromatic rings. The second-order valence-corrected chi connectivity index (χ2v) is 5.83. The van der Waals surface area contributed by atoms with E-state index in [1.165, 1.54) is 6.08 Å². The first-order valence-corrected chi connectivity index (χ1v) is 7.01. The van der Waals surface area contributed by atoms with E-state index in [0.29, 0.717) is 12.8 Å². The second kappa shape index (κ2) is 7.62. The molecule has 0 aliphatic heterocycles. The van der Waals surface area contributed by atoms with Crippen molar-refractivity contribution in [2.45, 2.75) is 45.3 Å². The van der Waals surface area contributed by atoms with Gasteiger partial charge in [-0.3, -0.25) is 4.79 Å². The summed E-state index contributed by atoms with van der Waals surface area (Å²) >= 11 is 0. The molecular formula is C17H23NO3. The van der Waals surface area contributed by atoms with Crippen molar-refractivity contribution in [3.63, 3.8) is 0 Å². The molecule has 1 atom stereocenters. The summed E-state index contributed by atoms with van der Waals surface area (Å²) in [6, 6.07) is 9.19. The number of carbonyl (C=O) groups is 2. The number of amides is 1. The maximum atomic E-state index is 11.8. The van der Waals surface area contributed by atoms with Gasteiger partial charge in [0, 0.05) is 0 Å². The van der Waals surface area contributed by atoms with E-state index in [1.54, 1.807) is 20.8 Å². The summed E-state index contributed by atoms with van der Waals surface area (Å²) in [5.74, 6) is -0.211. The van der Waals surface area contributed by atoms with Crippen LogP contribution in [0.5, 0.6) is 0 Å².